The second-order valence-corrected chi connectivity index (χ2v) is 7.60. The van der Waals surface area contributed by atoms with Crippen molar-refractivity contribution in [2.75, 3.05) is 31.2 Å². The summed E-state index contributed by atoms with van der Waals surface area (Å²) < 4.78 is 7.49. The average molecular weight is 390 g/mol. The third kappa shape index (κ3) is 4.09. The first kappa shape index (κ1) is 18.3. The summed E-state index contributed by atoms with van der Waals surface area (Å²) in [4.78, 5) is 17.9. The number of ether oxygens (including phenoxy) is 1. The Morgan fingerprint density at radius 1 is 1.30 bits per heavy atom. The summed E-state index contributed by atoms with van der Waals surface area (Å²) in [6.07, 6.45) is 8.68. The van der Waals surface area contributed by atoms with Crippen LogP contribution in [0.3, 0.4) is 0 Å². The lowest BCUT2D eigenvalue weighted by Crippen LogP contribution is -2.35. The first-order chi connectivity index (χ1) is 13.1. The standard InChI is InChI=1S/C19H24ClN5O2/c1-13(26)23-15-2-5-24(12-15)18-8-19(20)21-10-17(18)14-9-22-25(11-14)16-3-6-27-7-4-16/h8-11,15-16H,2-7,12H2,1H3,(H,23,26)/t15-/m0/s1. The summed E-state index contributed by atoms with van der Waals surface area (Å²) >= 11 is 6.19. The van der Waals surface area contributed by atoms with Crippen LogP contribution in [0.25, 0.3) is 11.1 Å². The molecule has 2 saturated heterocycles. The number of rotatable bonds is 4. The maximum Gasteiger partial charge on any atom is 0.217 e. The van der Waals surface area contributed by atoms with Crippen molar-refractivity contribution < 1.29 is 9.53 Å². The molecule has 0 aromatic carbocycles. The summed E-state index contributed by atoms with van der Waals surface area (Å²) in [5.74, 6) is 0.00701. The predicted molar refractivity (Wildman–Crippen MR) is 104 cm³/mol. The van der Waals surface area contributed by atoms with Crippen LogP contribution in [0.15, 0.2) is 24.7 Å². The zero-order chi connectivity index (χ0) is 18.8. The number of nitrogens with zero attached hydrogens (tertiary/aromatic N) is 4. The Morgan fingerprint density at radius 3 is 2.89 bits per heavy atom. The number of pyridine rings is 1. The Bertz CT molecular complexity index is 818. The quantitative estimate of drug-likeness (QED) is 0.814. The number of carbonyl (C=O) groups excluding carboxylic acids is 1. The number of halogens is 1. The zero-order valence-corrected chi connectivity index (χ0v) is 16.2. The van der Waals surface area contributed by atoms with E-state index in [2.05, 4.69) is 26.5 Å². The van der Waals surface area contributed by atoms with Gasteiger partial charge in [0, 0.05) is 68.5 Å². The van der Waals surface area contributed by atoms with Gasteiger partial charge in [-0.15, -0.1) is 0 Å². The SMILES string of the molecule is CC(=O)N[C@H]1CCN(c2cc(Cl)ncc2-c2cnn(C3CCOCC3)c2)C1. The minimum Gasteiger partial charge on any atom is -0.381 e. The normalized spacial score (nSPS) is 20.8. The van der Waals surface area contributed by atoms with E-state index in [1.54, 1.807) is 6.92 Å². The minimum absolute atomic E-state index is 0.00701. The van der Waals surface area contributed by atoms with Crippen LogP contribution in [-0.4, -0.2) is 53.0 Å². The van der Waals surface area contributed by atoms with Crippen LogP contribution < -0.4 is 10.2 Å². The minimum atomic E-state index is 0.00701. The topological polar surface area (TPSA) is 72.3 Å². The number of amides is 1. The molecule has 2 aromatic rings. The maximum absolute atomic E-state index is 11.4. The molecule has 2 aliphatic rings. The van der Waals surface area contributed by atoms with E-state index in [0.29, 0.717) is 11.2 Å². The molecule has 0 radical (unpaired) electrons. The van der Waals surface area contributed by atoms with E-state index < -0.39 is 0 Å². The fraction of sp³-hybridized carbons (Fsp3) is 0.526. The molecular formula is C19H24ClN5O2. The highest BCUT2D eigenvalue weighted by molar-refractivity contribution is 6.29. The predicted octanol–water partition coefficient (Wildman–Crippen LogP) is 2.66. The monoisotopic (exact) mass is 389 g/mol. The smallest absolute Gasteiger partial charge is 0.217 e. The van der Waals surface area contributed by atoms with Crippen molar-refractivity contribution in [3.8, 4) is 11.1 Å². The Morgan fingerprint density at radius 2 is 2.11 bits per heavy atom. The molecule has 0 saturated carbocycles. The molecule has 2 aromatic heterocycles. The van der Waals surface area contributed by atoms with E-state index in [4.69, 9.17) is 16.3 Å². The summed E-state index contributed by atoms with van der Waals surface area (Å²) in [5, 5.41) is 8.06. The van der Waals surface area contributed by atoms with Gasteiger partial charge < -0.3 is 15.0 Å². The van der Waals surface area contributed by atoms with Gasteiger partial charge in [-0.25, -0.2) is 4.98 Å². The highest BCUT2D eigenvalue weighted by Crippen LogP contribution is 2.34. The summed E-state index contributed by atoms with van der Waals surface area (Å²) in [7, 11) is 0. The van der Waals surface area contributed by atoms with Crippen molar-refractivity contribution in [2.24, 2.45) is 0 Å². The van der Waals surface area contributed by atoms with Gasteiger partial charge in [0.25, 0.3) is 0 Å². The maximum atomic E-state index is 11.4. The molecule has 4 heterocycles. The van der Waals surface area contributed by atoms with Crippen LogP contribution >= 0.6 is 11.6 Å². The van der Waals surface area contributed by atoms with Gasteiger partial charge in [0.1, 0.15) is 5.15 Å². The summed E-state index contributed by atoms with van der Waals surface area (Å²) in [6.45, 7) is 4.76. The van der Waals surface area contributed by atoms with E-state index >= 15 is 0 Å². The van der Waals surface area contributed by atoms with Crippen molar-refractivity contribution in [3.05, 3.63) is 29.8 Å². The molecule has 0 bridgehead atoms. The summed E-state index contributed by atoms with van der Waals surface area (Å²) in [5.41, 5.74) is 3.08. The Kier molecular flexibility index (Phi) is 5.31. The largest absolute Gasteiger partial charge is 0.381 e. The van der Waals surface area contributed by atoms with Crippen LogP contribution in [0, 0.1) is 0 Å². The second-order valence-electron chi connectivity index (χ2n) is 7.21. The molecule has 8 heteroatoms. The third-order valence-corrected chi connectivity index (χ3v) is 5.47. The molecule has 1 amide bonds. The van der Waals surface area contributed by atoms with Crippen LogP contribution in [0.1, 0.15) is 32.2 Å². The van der Waals surface area contributed by atoms with Crippen LogP contribution in [0.4, 0.5) is 5.69 Å². The Labute approximate surface area is 163 Å². The molecule has 2 fully saturated rings. The molecule has 0 unspecified atom stereocenters. The van der Waals surface area contributed by atoms with Gasteiger partial charge in [0.2, 0.25) is 5.91 Å². The molecule has 0 spiro atoms. The molecule has 27 heavy (non-hydrogen) atoms. The van der Waals surface area contributed by atoms with Crippen molar-refractivity contribution in [3.63, 3.8) is 0 Å². The number of nitrogens with one attached hydrogen (secondary N) is 1. The first-order valence-electron chi connectivity index (χ1n) is 9.40. The van der Waals surface area contributed by atoms with Crippen LogP contribution in [-0.2, 0) is 9.53 Å². The number of anilines is 1. The number of carbonyl (C=O) groups is 1. The highest BCUT2D eigenvalue weighted by Gasteiger charge is 2.26. The van der Waals surface area contributed by atoms with E-state index in [9.17, 15) is 4.79 Å². The van der Waals surface area contributed by atoms with E-state index in [0.717, 1.165) is 62.4 Å². The fourth-order valence-corrected chi connectivity index (χ4v) is 4.07. The van der Waals surface area contributed by atoms with Crippen LogP contribution in [0.5, 0.6) is 0 Å². The fourth-order valence-electron chi connectivity index (χ4n) is 3.92. The molecule has 4 rings (SSSR count). The first-order valence-corrected chi connectivity index (χ1v) is 9.78. The third-order valence-electron chi connectivity index (χ3n) is 5.26. The lowest BCUT2D eigenvalue weighted by Gasteiger charge is -2.23. The number of hydrogen-bond acceptors (Lipinski definition) is 5. The van der Waals surface area contributed by atoms with Crippen molar-refractivity contribution in [1.82, 2.24) is 20.1 Å². The van der Waals surface area contributed by atoms with Gasteiger partial charge in [-0.3, -0.25) is 9.48 Å². The van der Waals surface area contributed by atoms with Gasteiger partial charge in [0.05, 0.1) is 12.2 Å². The zero-order valence-electron chi connectivity index (χ0n) is 15.4. The molecule has 1 atom stereocenters. The lowest BCUT2D eigenvalue weighted by atomic mass is 10.1. The summed E-state index contributed by atoms with van der Waals surface area (Å²) in [6, 6.07) is 2.44. The van der Waals surface area contributed by atoms with Crippen molar-refractivity contribution in [1.29, 1.82) is 0 Å². The lowest BCUT2D eigenvalue weighted by molar-refractivity contribution is -0.119. The Balaban J connectivity index is 1.59. The molecule has 7 nitrogen and oxygen atoms in total. The van der Waals surface area contributed by atoms with Crippen LogP contribution in [0.2, 0.25) is 5.15 Å². The molecular weight excluding hydrogens is 366 g/mol. The number of hydrogen-bond donors (Lipinski definition) is 1. The highest BCUT2D eigenvalue weighted by atomic mass is 35.5. The van der Waals surface area contributed by atoms with Crippen molar-refractivity contribution >= 4 is 23.2 Å². The van der Waals surface area contributed by atoms with Gasteiger partial charge in [0.15, 0.2) is 0 Å². The number of aromatic nitrogens is 3. The van der Waals surface area contributed by atoms with Gasteiger partial charge >= 0.3 is 0 Å². The van der Waals surface area contributed by atoms with E-state index in [1.165, 1.54) is 0 Å². The molecule has 1 N–H and O–H groups in total. The average Bonchev–Trinajstić information content (AvgIpc) is 3.32. The molecule has 0 aliphatic carbocycles. The van der Waals surface area contributed by atoms with Gasteiger partial charge in [-0.1, -0.05) is 11.6 Å². The Hall–Kier alpha value is -2.12. The molecule has 144 valence electrons. The van der Waals surface area contributed by atoms with E-state index in [-0.39, 0.29) is 11.9 Å². The van der Waals surface area contributed by atoms with Crippen molar-refractivity contribution in [2.45, 2.75) is 38.3 Å². The van der Waals surface area contributed by atoms with Gasteiger partial charge in [-0.2, -0.15) is 5.10 Å². The van der Waals surface area contributed by atoms with E-state index in [1.807, 2.05) is 23.1 Å². The van der Waals surface area contributed by atoms with Gasteiger partial charge in [-0.05, 0) is 25.3 Å². The molecule has 2 aliphatic heterocycles. The second kappa shape index (κ2) is 7.86.